The molecule has 2 rings (SSSR count). The lowest BCUT2D eigenvalue weighted by molar-refractivity contribution is 0.506. The van der Waals surface area contributed by atoms with E-state index in [-0.39, 0.29) is 5.76 Å². The topological polar surface area (TPSA) is 49.0 Å². The maximum absolute atomic E-state index is 8.63. The molecule has 0 spiro atoms. The van der Waals surface area contributed by atoms with E-state index in [1.54, 1.807) is 24.3 Å². The zero-order valence-corrected chi connectivity index (χ0v) is 11.3. The van der Waals surface area contributed by atoms with Crippen molar-refractivity contribution in [3.05, 3.63) is 50.9 Å². The van der Waals surface area contributed by atoms with E-state index in [4.69, 9.17) is 44.5 Å². The van der Waals surface area contributed by atoms with E-state index in [9.17, 15) is 0 Å². The number of nitriles is 1. The van der Waals surface area contributed by atoms with Crippen LogP contribution >= 0.6 is 34.8 Å². The lowest BCUT2D eigenvalue weighted by Crippen LogP contribution is -1.99. The minimum Gasteiger partial charge on any atom is -0.449 e. The summed E-state index contributed by atoms with van der Waals surface area (Å²) in [7, 11) is 0. The number of furan rings is 1. The molecule has 0 aliphatic heterocycles. The number of anilines is 1. The molecular formula is C12H7Cl3N2O. The predicted molar refractivity (Wildman–Crippen MR) is 72.2 cm³/mol. The highest BCUT2D eigenvalue weighted by molar-refractivity contribution is 6.41. The molecule has 0 bridgehead atoms. The molecule has 0 unspecified atom stereocenters. The number of benzene rings is 1. The molecule has 1 heterocycles. The van der Waals surface area contributed by atoms with Gasteiger partial charge in [0, 0.05) is 5.02 Å². The van der Waals surface area contributed by atoms with Crippen LogP contribution in [0.2, 0.25) is 15.1 Å². The molecule has 6 heteroatoms. The van der Waals surface area contributed by atoms with E-state index in [0.717, 1.165) is 0 Å². The van der Waals surface area contributed by atoms with Gasteiger partial charge in [-0.25, -0.2) is 0 Å². The Morgan fingerprint density at radius 1 is 1.17 bits per heavy atom. The van der Waals surface area contributed by atoms with Crippen LogP contribution in [0.25, 0.3) is 0 Å². The Balaban J connectivity index is 2.13. The van der Waals surface area contributed by atoms with Crippen molar-refractivity contribution < 1.29 is 4.42 Å². The molecule has 0 amide bonds. The Morgan fingerprint density at radius 2 is 1.83 bits per heavy atom. The fourth-order valence-corrected chi connectivity index (χ4v) is 2.37. The second kappa shape index (κ2) is 5.53. The van der Waals surface area contributed by atoms with E-state index < -0.39 is 0 Å². The van der Waals surface area contributed by atoms with E-state index in [1.165, 1.54) is 0 Å². The molecule has 18 heavy (non-hydrogen) atoms. The summed E-state index contributed by atoms with van der Waals surface area (Å²) in [6, 6.07) is 8.42. The van der Waals surface area contributed by atoms with Crippen LogP contribution in [-0.2, 0) is 6.54 Å². The summed E-state index contributed by atoms with van der Waals surface area (Å²) in [5.41, 5.74) is 0.581. The molecule has 0 aliphatic rings. The molecule has 0 fully saturated rings. The zero-order valence-electron chi connectivity index (χ0n) is 9.01. The smallest absolute Gasteiger partial charge is 0.203 e. The summed E-state index contributed by atoms with van der Waals surface area (Å²) in [4.78, 5) is 0. The van der Waals surface area contributed by atoms with Gasteiger partial charge in [-0.15, -0.1) is 0 Å². The Morgan fingerprint density at radius 3 is 2.39 bits per heavy atom. The summed E-state index contributed by atoms with van der Waals surface area (Å²) in [5, 5.41) is 13.0. The van der Waals surface area contributed by atoms with Gasteiger partial charge >= 0.3 is 0 Å². The quantitative estimate of drug-likeness (QED) is 0.892. The fourth-order valence-electron chi connectivity index (χ4n) is 1.42. The molecule has 1 aromatic carbocycles. The van der Waals surface area contributed by atoms with Gasteiger partial charge in [-0.1, -0.05) is 34.8 Å². The zero-order chi connectivity index (χ0) is 13.1. The van der Waals surface area contributed by atoms with Crippen LogP contribution in [0.3, 0.4) is 0 Å². The van der Waals surface area contributed by atoms with E-state index in [1.807, 2.05) is 6.07 Å². The normalized spacial score (nSPS) is 10.1. The van der Waals surface area contributed by atoms with Gasteiger partial charge in [0.15, 0.2) is 0 Å². The standard InChI is InChI=1S/C12H7Cl3N2O/c13-7-3-10(14)12(11(15)4-7)17-6-9-2-1-8(5-16)18-9/h1-4,17H,6H2. The Labute approximate surface area is 119 Å². The maximum atomic E-state index is 8.63. The van der Waals surface area contributed by atoms with Crippen molar-refractivity contribution in [1.82, 2.24) is 0 Å². The lowest BCUT2D eigenvalue weighted by Gasteiger charge is -2.09. The van der Waals surface area contributed by atoms with Crippen LogP contribution in [-0.4, -0.2) is 0 Å². The third-order valence-corrected chi connectivity index (χ3v) is 3.03. The van der Waals surface area contributed by atoms with Crippen molar-refractivity contribution in [3.8, 4) is 6.07 Å². The summed E-state index contributed by atoms with van der Waals surface area (Å²) in [6.45, 7) is 0.378. The van der Waals surface area contributed by atoms with Gasteiger partial charge < -0.3 is 9.73 Å². The van der Waals surface area contributed by atoms with Gasteiger partial charge in [0.25, 0.3) is 0 Å². The van der Waals surface area contributed by atoms with Crippen LogP contribution < -0.4 is 5.32 Å². The molecule has 2 aromatic rings. The largest absolute Gasteiger partial charge is 0.449 e. The Kier molecular flexibility index (Phi) is 4.03. The summed E-state index contributed by atoms with van der Waals surface area (Å²) in [6.07, 6.45) is 0. The summed E-state index contributed by atoms with van der Waals surface area (Å²) < 4.78 is 5.22. The van der Waals surface area contributed by atoms with Crippen molar-refractivity contribution in [2.75, 3.05) is 5.32 Å². The van der Waals surface area contributed by atoms with Crippen LogP contribution in [0.15, 0.2) is 28.7 Å². The predicted octanol–water partition coefficient (Wildman–Crippen LogP) is 4.72. The SMILES string of the molecule is N#Cc1ccc(CNc2c(Cl)cc(Cl)cc2Cl)o1. The molecule has 0 radical (unpaired) electrons. The van der Waals surface area contributed by atoms with Crippen LogP contribution in [0.5, 0.6) is 0 Å². The minimum atomic E-state index is 0.264. The Hall–Kier alpha value is -1.34. The van der Waals surface area contributed by atoms with Gasteiger partial charge in [-0.3, -0.25) is 0 Å². The number of nitrogens with one attached hydrogen (secondary N) is 1. The third kappa shape index (κ3) is 2.91. The average Bonchev–Trinajstić information content (AvgIpc) is 2.75. The number of rotatable bonds is 3. The number of hydrogen-bond donors (Lipinski definition) is 1. The maximum Gasteiger partial charge on any atom is 0.203 e. The van der Waals surface area contributed by atoms with E-state index in [2.05, 4.69) is 5.32 Å². The number of hydrogen-bond acceptors (Lipinski definition) is 3. The first kappa shape index (κ1) is 13.1. The Bertz CT molecular complexity index is 593. The fraction of sp³-hybridized carbons (Fsp3) is 0.0833. The molecule has 0 atom stereocenters. The first-order chi connectivity index (χ1) is 8.60. The van der Waals surface area contributed by atoms with E-state index in [0.29, 0.717) is 33.1 Å². The third-order valence-electron chi connectivity index (χ3n) is 2.22. The van der Waals surface area contributed by atoms with Crippen molar-refractivity contribution in [2.24, 2.45) is 0 Å². The van der Waals surface area contributed by atoms with Gasteiger partial charge in [0.1, 0.15) is 11.8 Å². The van der Waals surface area contributed by atoms with Gasteiger partial charge in [0.2, 0.25) is 5.76 Å². The number of nitrogens with zero attached hydrogens (tertiary/aromatic N) is 1. The highest BCUT2D eigenvalue weighted by Crippen LogP contribution is 2.33. The molecule has 1 N–H and O–H groups in total. The molecule has 92 valence electrons. The second-order valence-corrected chi connectivity index (χ2v) is 4.73. The van der Waals surface area contributed by atoms with Crippen LogP contribution in [0.4, 0.5) is 5.69 Å². The monoisotopic (exact) mass is 300 g/mol. The first-order valence-corrected chi connectivity index (χ1v) is 6.11. The molecule has 1 aromatic heterocycles. The highest BCUT2D eigenvalue weighted by Gasteiger charge is 2.08. The van der Waals surface area contributed by atoms with Gasteiger partial charge in [-0.2, -0.15) is 5.26 Å². The molecule has 0 saturated heterocycles. The van der Waals surface area contributed by atoms with Crippen molar-refractivity contribution >= 4 is 40.5 Å². The second-order valence-electron chi connectivity index (χ2n) is 3.48. The van der Waals surface area contributed by atoms with Gasteiger partial charge in [-0.05, 0) is 24.3 Å². The lowest BCUT2D eigenvalue weighted by atomic mass is 10.3. The summed E-state index contributed by atoms with van der Waals surface area (Å²) in [5.74, 6) is 0.883. The average molecular weight is 302 g/mol. The van der Waals surface area contributed by atoms with Crippen molar-refractivity contribution in [1.29, 1.82) is 5.26 Å². The van der Waals surface area contributed by atoms with Crippen molar-refractivity contribution in [3.63, 3.8) is 0 Å². The van der Waals surface area contributed by atoms with Gasteiger partial charge in [0.05, 0.1) is 22.3 Å². The minimum absolute atomic E-state index is 0.264. The molecule has 0 aliphatic carbocycles. The van der Waals surface area contributed by atoms with E-state index >= 15 is 0 Å². The summed E-state index contributed by atoms with van der Waals surface area (Å²) >= 11 is 17.8. The number of halogens is 3. The van der Waals surface area contributed by atoms with Crippen LogP contribution in [0.1, 0.15) is 11.5 Å². The highest BCUT2D eigenvalue weighted by atomic mass is 35.5. The molecular weight excluding hydrogens is 295 g/mol. The van der Waals surface area contributed by atoms with Crippen molar-refractivity contribution in [2.45, 2.75) is 6.54 Å². The molecule has 0 saturated carbocycles. The molecule has 3 nitrogen and oxygen atoms in total. The van der Waals surface area contributed by atoms with Crippen LogP contribution in [0, 0.1) is 11.3 Å². The first-order valence-electron chi connectivity index (χ1n) is 4.97.